The molecule has 0 bridgehead atoms. The topological polar surface area (TPSA) is 72.4 Å². The molecule has 1 aliphatic heterocycles. The molecule has 0 saturated heterocycles. The van der Waals surface area contributed by atoms with E-state index < -0.39 is 11.6 Å². The second kappa shape index (κ2) is 7.09. The zero-order chi connectivity index (χ0) is 17.1. The number of nitrogens with two attached hydrogens (primary N) is 1. The number of nitrogens with zero attached hydrogens (tertiary/aromatic N) is 2. The SMILES string of the molecule is NCCCCC(=O)N1CCc2oc(-c3cc(F)cc(F)c3)nc2C1. The fraction of sp³-hybridized carbons (Fsp3) is 0.412. The highest BCUT2D eigenvalue weighted by Gasteiger charge is 2.25. The Balaban J connectivity index is 1.74. The number of carbonyl (C=O) groups excluding carboxylic acids is 1. The minimum absolute atomic E-state index is 0.0652. The Bertz CT molecular complexity index is 725. The van der Waals surface area contributed by atoms with Crippen molar-refractivity contribution in [3.8, 4) is 11.5 Å². The third-order valence-corrected chi connectivity index (χ3v) is 4.03. The summed E-state index contributed by atoms with van der Waals surface area (Å²) in [4.78, 5) is 18.2. The third kappa shape index (κ3) is 3.62. The number of unbranched alkanes of at least 4 members (excludes halogenated alkanes) is 1. The molecule has 0 atom stereocenters. The van der Waals surface area contributed by atoms with Crippen LogP contribution in [0.4, 0.5) is 8.78 Å². The minimum Gasteiger partial charge on any atom is -0.441 e. The Morgan fingerprint density at radius 3 is 2.71 bits per heavy atom. The first kappa shape index (κ1) is 16.6. The lowest BCUT2D eigenvalue weighted by Gasteiger charge is -2.25. The zero-order valence-electron chi connectivity index (χ0n) is 13.2. The summed E-state index contributed by atoms with van der Waals surface area (Å²) in [7, 11) is 0. The molecule has 3 rings (SSSR count). The molecule has 7 heteroatoms. The predicted octanol–water partition coefficient (Wildman–Crippen LogP) is 2.63. The van der Waals surface area contributed by atoms with Crippen LogP contribution in [0.1, 0.15) is 30.7 Å². The molecule has 0 radical (unpaired) electrons. The van der Waals surface area contributed by atoms with Crippen molar-refractivity contribution in [2.24, 2.45) is 5.73 Å². The van der Waals surface area contributed by atoms with Gasteiger partial charge in [-0.15, -0.1) is 0 Å². The maximum absolute atomic E-state index is 13.3. The van der Waals surface area contributed by atoms with Crippen LogP contribution in [0.5, 0.6) is 0 Å². The molecule has 0 spiro atoms. The van der Waals surface area contributed by atoms with Crippen LogP contribution in [0.15, 0.2) is 22.6 Å². The van der Waals surface area contributed by atoms with Crippen molar-refractivity contribution in [3.05, 3.63) is 41.3 Å². The number of aromatic nitrogens is 1. The maximum atomic E-state index is 13.3. The number of rotatable bonds is 5. The first-order chi connectivity index (χ1) is 11.6. The van der Waals surface area contributed by atoms with Gasteiger partial charge in [-0.1, -0.05) is 0 Å². The third-order valence-electron chi connectivity index (χ3n) is 4.03. The van der Waals surface area contributed by atoms with Crippen LogP contribution in [0.25, 0.3) is 11.5 Å². The van der Waals surface area contributed by atoms with Crippen molar-refractivity contribution in [3.63, 3.8) is 0 Å². The molecule has 128 valence electrons. The molecule has 5 nitrogen and oxygen atoms in total. The highest BCUT2D eigenvalue weighted by atomic mass is 19.1. The van der Waals surface area contributed by atoms with Gasteiger partial charge in [0.15, 0.2) is 0 Å². The van der Waals surface area contributed by atoms with Crippen LogP contribution in [0.3, 0.4) is 0 Å². The molecule has 1 aromatic heterocycles. The molecule has 1 amide bonds. The standard InChI is InChI=1S/C17H19F2N3O2/c18-12-7-11(8-13(19)9-12)17-21-14-10-22(6-4-15(14)24-17)16(23)3-1-2-5-20/h7-9H,1-6,10,20H2. The van der Waals surface area contributed by atoms with E-state index in [1.807, 2.05) is 0 Å². The lowest BCUT2D eigenvalue weighted by molar-refractivity contribution is -0.132. The van der Waals surface area contributed by atoms with Gasteiger partial charge in [0.2, 0.25) is 11.8 Å². The first-order valence-electron chi connectivity index (χ1n) is 7.99. The molecule has 1 aromatic carbocycles. The summed E-state index contributed by atoms with van der Waals surface area (Å²) >= 11 is 0. The molecule has 2 heterocycles. The molecule has 0 fully saturated rings. The lowest BCUT2D eigenvalue weighted by atomic mass is 10.1. The highest BCUT2D eigenvalue weighted by Crippen LogP contribution is 2.27. The zero-order valence-corrected chi connectivity index (χ0v) is 13.2. The molecular weight excluding hydrogens is 316 g/mol. The number of carbonyl (C=O) groups is 1. The minimum atomic E-state index is -0.683. The van der Waals surface area contributed by atoms with E-state index in [2.05, 4.69) is 4.98 Å². The number of benzene rings is 1. The van der Waals surface area contributed by atoms with Gasteiger partial charge in [0, 0.05) is 31.0 Å². The van der Waals surface area contributed by atoms with Crippen molar-refractivity contribution >= 4 is 5.91 Å². The molecule has 1 aliphatic rings. The fourth-order valence-corrected chi connectivity index (χ4v) is 2.79. The number of hydrogen-bond donors (Lipinski definition) is 1. The van der Waals surface area contributed by atoms with E-state index in [0.29, 0.717) is 43.9 Å². The number of fused-ring (bicyclic) bond motifs is 1. The summed E-state index contributed by atoms with van der Waals surface area (Å²) < 4.78 is 32.3. The van der Waals surface area contributed by atoms with Crippen LogP contribution >= 0.6 is 0 Å². The number of amides is 1. The average Bonchev–Trinajstić information content (AvgIpc) is 2.97. The van der Waals surface area contributed by atoms with Gasteiger partial charge in [-0.3, -0.25) is 4.79 Å². The summed E-state index contributed by atoms with van der Waals surface area (Å²) in [6.45, 7) is 1.49. The Morgan fingerprint density at radius 1 is 1.25 bits per heavy atom. The average molecular weight is 335 g/mol. The van der Waals surface area contributed by atoms with E-state index in [1.54, 1.807) is 4.90 Å². The molecule has 24 heavy (non-hydrogen) atoms. The fourth-order valence-electron chi connectivity index (χ4n) is 2.79. The van der Waals surface area contributed by atoms with Crippen LogP contribution in [-0.4, -0.2) is 28.9 Å². The normalized spacial score (nSPS) is 13.9. The Kier molecular flexibility index (Phi) is 4.89. The van der Waals surface area contributed by atoms with Gasteiger partial charge in [-0.2, -0.15) is 0 Å². The van der Waals surface area contributed by atoms with E-state index in [9.17, 15) is 13.6 Å². The van der Waals surface area contributed by atoms with Crippen LogP contribution in [0, 0.1) is 11.6 Å². The smallest absolute Gasteiger partial charge is 0.226 e. The first-order valence-corrected chi connectivity index (χ1v) is 7.99. The lowest BCUT2D eigenvalue weighted by Crippen LogP contribution is -2.35. The van der Waals surface area contributed by atoms with Gasteiger partial charge in [0.1, 0.15) is 23.1 Å². The predicted molar refractivity (Wildman–Crippen MR) is 83.9 cm³/mol. The van der Waals surface area contributed by atoms with Crippen LogP contribution in [0.2, 0.25) is 0 Å². The monoisotopic (exact) mass is 335 g/mol. The molecule has 2 N–H and O–H groups in total. The molecule has 0 saturated carbocycles. The molecule has 2 aromatic rings. The molecular formula is C17H19F2N3O2. The summed E-state index contributed by atoms with van der Waals surface area (Å²) in [6.07, 6.45) is 2.60. The van der Waals surface area contributed by atoms with Crippen LogP contribution < -0.4 is 5.73 Å². The Morgan fingerprint density at radius 2 is 2.00 bits per heavy atom. The van der Waals surface area contributed by atoms with E-state index in [4.69, 9.17) is 10.2 Å². The number of hydrogen-bond acceptors (Lipinski definition) is 4. The van der Waals surface area contributed by atoms with Gasteiger partial charge in [0.05, 0.1) is 6.54 Å². The van der Waals surface area contributed by atoms with E-state index in [1.165, 1.54) is 12.1 Å². The second-order valence-electron chi connectivity index (χ2n) is 5.86. The van der Waals surface area contributed by atoms with Crippen LogP contribution in [-0.2, 0) is 17.8 Å². The quantitative estimate of drug-likeness (QED) is 0.853. The number of halogens is 2. The Hall–Kier alpha value is -2.28. The Labute approximate surface area is 138 Å². The van der Waals surface area contributed by atoms with Crippen molar-refractivity contribution < 1.29 is 18.0 Å². The highest BCUT2D eigenvalue weighted by molar-refractivity contribution is 5.76. The summed E-state index contributed by atoms with van der Waals surface area (Å²) in [5, 5.41) is 0. The maximum Gasteiger partial charge on any atom is 0.226 e. The van der Waals surface area contributed by atoms with Gasteiger partial charge in [-0.25, -0.2) is 13.8 Å². The van der Waals surface area contributed by atoms with Gasteiger partial charge < -0.3 is 15.1 Å². The second-order valence-corrected chi connectivity index (χ2v) is 5.86. The van der Waals surface area contributed by atoms with E-state index >= 15 is 0 Å². The largest absolute Gasteiger partial charge is 0.441 e. The van der Waals surface area contributed by atoms with Crippen molar-refractivity contribution in [2.75, 3.05) is 13.1 Å². The molecule has 0 unspecified atom stereocenters. The van der Waals surface area contributed by atoms with Crippen molar-refractivity contribution in [1.29, 1.82) is 0 Å². The van der Waals surface area contributed by atoms with Gasteiger partial charge >= 0.3 is 0 Å². The summed E-state index contributed by atoms with van der Waals surface area (Å²) in [5.74, 6) is -0.456. The summed E-state index contributed by atoms with van der Waals surface area (Å²) in [5.41, 5.74) is 6.33. The van der Waals surface area contributed by atoms with Crippen molar-refractivity contribution in [1.82, 2.24) is 9.88 Å². The van der Waals surface area contributed by atoms with E-state index in [0.717, 1.165) is 18.9 Å². The molecule has 0 aliphatic carbocycles. The number of oxazole rings is 1. The summed E-state index contributed by atoms with van der Waals surface area (Å²) in [6, 6.07) is 3.15. The van der Waals surface area contributed by atoms with Crippen molar-refractivity contribution in [2.45, 2.75) is 32.2 Å². The van der Waals surface area contributed by atoms with Gasteiger partial charge in [0.25, 0.3) is 0 Å². The van der Waals surface area contributed by atoms with Gasteiger partial charge in [-0.05, 0) is 31.5 Å². The van der Waals surface area contributed by atoms with E-state index in [-0.39, 0.29) is 17.4 Å².